The van der Waals surface area contributed by atoms with Gasteiger partial charge in [0, 0.05) is 19.9 Å². The van der Waals surface area contributed by atoms with Crippen molar-refractivity contribution in [3.63, 3.8) is 0 Å². The Hall–Kier alpha value is -0.780. The van der Waals surface area contributed by atoms with Crippen molar-refractivity contribution in [2.45, 2.75) is 19.1 Å². The van der Waals surface area contributed by atoms with Crippen molar-refractivity contribution in [1.82, 2.24) is 9.55 Å². The third kappa shape index (κ3) is 8.04. The molecule has 14 heteroatoms. The molecule has 0 aliphatic carbocycles. The fourth-order valence-corrected chi connectivity index (χ4v) is 2.71. The molecule has 2 atom stereocenters. The summed E-state index contributed by atoms with van der Waals surface area (Å²) in [5.74, 6) is 0.0183. The van der Waals surface area contributed by atoms with E-state index in [0.29, 0.717) is 6.42 Å². The summed E-state index contributed by atoms with van der Waals surface area (Å²) in [7, 11) is -5.88. The van der Waals surface area contributed by atoms with Gasteiger partial charge in [-0.3, -0.25) is 15.3 Å². The van der Waals surface area contributed by atoms with Crippen molar-refractivity contribution in [3.05, 3.63) is 22.7 Å². The van der Waals surface area contributed by atoms with Crippen molar-refractivity contribution in [3.8, 4) is 0 Å². The number of aromatic nitrogens is 2. The molecule has 1 aromatic heterocycles. The number of anilines is 1. The molecule has 0 fully saturated rings. The Morgan fingerprint density at radius 2 is 2.17 bits per heavy atom. The molecule has 0 aliphatic heterocycles. The predicted octanol–water partition coefficient (Wildman–Crippen LogP) is -0.644. The van der Waals surface area contributed by atoms with Crippen LogP contribution in [-0.4, -0.2) is 54.2 Å². The summed E-state index contributed by atoms with van der Waals surface area (Å²) in [5, 5.41) is 8.63. The Bertz CT molecular complexity index is 538. The van der Waals surface area contributed by atoms with Gasteiger partial charge < -0.3 is 14.2 Å². The molecule has 0 amide bonds. The van der Waals surface area contributed by atoms with E-state index in [1.165, 1.54) is 23.9 Å². The van der Waals surface area contributed by atoms with Gasteiger partial charge in [0.1, 0.15) is 0 Å². The number of methoxy groups -OCH3 is 1. The fraction of sp³-hybridized carbons (Fsp3) is 0.556. The highest BCUT2D eigenvalue weighted by Crippen LogP contribution is 2.57. The van der Waals surface area contributed by atoms with Crippen LogP contribution in [0.5, 0.6) is 0 Å². The number of aryl methyl sites for hydroxylation is 1. The summed E-state index contributed by atoms with van der Waals surface area (Å²) in [5.41, 5.74) is 1.17. The van der Waals surface area contributed by atoms with E-state index in [2.05, 4.69) is 9.29 Å². The van der Waals surface area contributed by atoms with Gasteiger partial charge in [-0.15, -0.1) is 0 Å². The first-order valence-electron chi connectivity index (χ1n) is 6.14. The molecule has 0 saturated carbocycles. The van der Waals surface area contributed by atoms with Crippen LogP contribution < -0.4 is 11.2 Å². The van der Waals surface area contributed by atoms with Gasteiger partial charge in [0.05, 0.1) is 12.7 Å². The SMILES string of the molecule is COC(CCn1ccc(NO)nc1=O)COP(O)O[P+](O)(O)O. The van der Waals surface area contributed by atoms with Gasteiger partial charge in [0.2, 0.25) is 0 Å². The Balaban J connectivity index is 2.46. The Kier molecular flexibility index (Phi) is 8.37. The summed E-state index contributed by atoms with van der Waals surface area (Å²) in [4.78, 5) is 50.2. The van der Waals surface area contributed by atoms with E-state index in [0.717, 1.165) is 0 Å². The lowest BCUT2D eigenvalue weighted by Gasteiger charge is -2.17. The molecule has 1 aromatic rings. The van der Waals surface area contributed by atoms with Gasteiger partial charge in [-0.2, -0.15) is 19.7 Å². The standard InChI is InChI=1S/C9H17N3O9P2/c1-19-7(6-20-22(15)21-23(16,17)18)2-4-12-5-3-8(11-14)10-9(12)13/h3,5,7,15-18H,2,4,6H2,1H3,(H-,10,11,13,14)/p+1. The number of ether oxygens (including phenoxy) is 1. The van der Waals surface area contributed by atoms with Crippen LogP contribution in [0.25, 0.3) is 0 Å². The molecular weight excluding hydrogens is 356 g/mol. The molecule has 2 unspecified atom stereocenters. The van der Waals surface area contributed by atoms with E-state index in [9.17, 15) is 9.69 Å². The van der Waals surface area contributed by atoms with Crippen LogP contribution >= 0.6 is 16.8 Å². The maximum absolute atomic E-state index is 11.6. The second-order valence-electron chi connectivity index (χ2n) is 4.18. The molecule has 1 heterocycles. The Morgan fingerprint density at radius 3 is 2.70 bits per heavy atom. The molecule has 0 aliphatic rings. The zero-order chi connectivity index (χ0) is 17.5. The molecule has 0 bridgehead atoms. The fourth-order valence-electron chi connectivity index (χ4n) is 1.48. The molecule has 12 nitrogen and oxygen atoms in total. The first-order valence-corrected chi connectivity index (χ1v) is 8.84. The molecular formula is C9H18N3O9P2+. The van der Waals surface area contributed by atoms with Crippen LogP contribution in [0.4, 0.5) is 5.82 Å². The van der Waals surface area contributed by atoms with E-state index >= 15 is 0 Å². The monoisotopic (exact) mass is 374 g/mol. The summed E-state index contributed by atoms with van der Waals surface area (Å²) in [6.45, 7) is 0.0533. The highest BCUT2D eigenvalue weighted by Gasteiger charge is 2.39. The van der Waals surface area contributed by atoms with E-state index in [1.807, 2.05) is 0 Å². The third-order valence-corrected chi connectivity index (χ3v) is 4.37. The van der Waals surface area contributed by atoms with Gasteiger partial charge in [-0.05, 0) is 12.5 Å². The lowest BCUT2D eigenvalue weighted by Crippen LogP contribution is -2.27. The Labute approximate surface area is 132 Å². The van der Waals surface area contributed by atoms with Gasteiger partial charge in [-0.25, -0.2) is 4.79 Å². The number of nitrogens with zero attached hydrogens (tertiary/aromatic N) is 2. The number of hydrogen-bond donors (Lipinski definition) is 6. The number of nitrogens with one attached hydrogen (secondary N) is 1. The van der Waals surface area contributed by atoms with Crippen LogP contribution in [0.15, 0.2) is 17.1 Å². The first-order chi connectivity index (χ1) is 10.7. The molecule has 0 radical (unpaired) electrons. The maximum atomic E-state index is 11.6. The van der Waals surface area contributed by atoms with Crippen LogP contribution in [0.3, 0.4) is 0 Å². The van der Waals surface area contributed by atoms with Gasteiger partial charge in [0.25, 0.3) is 0 Å². The zero-order valence-corrected chi connectivity index (χ0v) is 13.8. The molecule has 0 aromatic carbocycles. The highest BCUT2D eigenvalue weighted by molar-refractivity contribution is 7.62. The molecule has 0 spiro atoms. The van der Waals surface area contributed by atoms with Crippen LogP contribution in [-0.2, 0) is 20.1 Å². The summed E-state index contributed by atoms with van der Waals surface area (Å²) >= 11 is 0. The smallest absolute Gasteiger partial charge is 0.379 e. The summed E-state index contributed by atoms with van der Waals surface area (Å²) < 4.78 is 15.2. The summed E-state index contributed by atoms with van der Waals surface area (Å²) in [6, 6.07) is 1.40. The van der Waals surface area contributed by atoms with E-state index in [4.69, 9.17) is 29.1 Å². The van der Waals surface area contributed by atoms with Crippen molar-refractivity contribution in [2.24, 2.45) is 0 Å². The minimum atomic E-state index is -4.58. The topological polar surface area (TPSA) is 176 Å². The zero-order valence-electron chi connectivity index (χ0n) is 12.0. The lowest BCUT2D eigenvalue weighted by atomic mass is 10.2. The van der Waals surface area contributed by atoms with Gasteiger partial charge in [-0.1, -0.05) is 4.31 Å². The van der Waals surface area contributed by atoms with Crippen LogP contribution in [0, 0.1) is 0 Å². The highest BCUT2D eigenvalue weighted by atomic mass is 31.3. The number of hydrogen-bond acceptors (Lipinski definition) is 11. The average molecular weight is 374 g/mol. The molecule has 132 valence electrons. The van der Waals surface area contributed by atoms with Crippen LogP contribution in [0.1, 0.15) is 6.42 Å². The molecule has 1 rings (SSSR count). The normalized spacial score (nSPS) is 14.5. The van der Waals surface area contributed by atoms with Gasteiger partial charge >= 0.3 is 22.5 Å². The first kappa shape index (κ1) is 20.3. The molecule has 0 saturated heterocycles. The minimum absolute atomic E-state index is 0.0183. The number of rotatable bonds is 10. The predicted molar refractivity (Wildman–Crippen MR) is 79.1 cm³/mol. The average Bonchev–Trinajstić information content (AvgIpc) is 2.46. The van der Waals surface area contributed by atoms with Crippen molar-refractivity contribution in [2.75, 3.05) is 19.2 Å². The lowest BCUT2D eigenvalue weighted by molar-refractivity contribution is 0.0436. The largest absolute Gasteiger partial charge is 0.575 e. The molecule has 6 N–H and O–H groups in total. The summed E-state index contributed by atoms with van der Waals surface area (Å²) in [6.07, 6.45) is 1.19. The van der Waals surface area contributed by atoms with Gasteiger partial charge in [0.15, 0.2) is 5.82 Å². The maximum Gasteiger partial charge on any atom is 0.575 e. The third-order valence-electron chi connectivity index (χ3n) is 2.56. The van der Waals surface area contributed by atoms with Crippen molar-refractivity contribution < 1.29 is 38.4 Å². The van der Waals surface area contributed by atoms with E-state index < -0.39 is 28.6 Å². The molecule has 23 heavy (non-hydrogen) atoms. The van der Waals surface area contributed by atoms with E-state index in [1.54, 1.807) is 5.48 Å². The quantitative estimate of drug-likeness (QED) is 0.227. The Morgan fingerprint density at radius 1 is 1.48 bits per heavy atom. The second kappa shape index (κ2) is 9.50. The van der Waals surface area contributed by atoms with Crippen LogP contribution in [0.2, 0.25) is 0 Å². The van der Waals surface area contributed by atoms with E-state index in [-0.39, 0.29) is 19.0 Å². The van der Waals surface area contributed by atoms with Crippen molar-refractivity contribution >= 4 is 22.6 Å². The minimum Gasteiger partial charge on any atom is -0.379 e. The van der Waals surface area contributed by atoms with Crippen molar-refractivity contribution in [1.29, 1.82) is 0 Å². The second-order valence-corrected chi connectivity index (χ2v) is 6.59.